The summed E-state index contributed by atoms with van der Waals surface area (Å²) in [7, 11) is 0. The van der Waals surface area contributed by atoms with Crippen LogP contribution in [0, 0.1) is 5.92 Å². The van der Waals surface area contributed by atoms with Crippen molar-refractivity contribution >= 4 is 0 Å². The first kappa shape index (κ1) is 7.30. The highest BCUT2D eigenvalue weighted by Gasteiger charge is 2.55. The summed E-state index contributed by atoms with van der Waals surface area (Å²) in [6.07, 6.45) is 5.53. The fraction of sp³-hybridized carbons (Fsp3) is 1.00. The lowest BCUT2D eigenvalue weighted by atomic mass is 9.74. The van der Waals surface area contributed by atoms with Crippen LogP contribution in [0.3, 0.4) is 0 Å². The molecule has 0 aromatic heterocycles. The van der Waals surface area contributed by atoms with E-state index in [4.69, 9.17) is 9.57 Å². The predicted octanol–water partition coefficient (Wildman–Crippen LogP) is 0.849. The minimum atomic E-state index is 0.207. The van der Waals surface area contributed by atoms with E-state index in [1.807, 2.05) is 0 Å². The molecule has 1 aliphatic carbocycles. The van der Waals surface area contributed by atoms with Crippen LogP contribution in [0.15, 0.2) is 0 Å². The van der Waals surface area contributed by atoms with Gasteiger partial charge in [0.1, 0.15) is 0 Å². The van der Waals surface area contributed by atoms with E-state index in [0.29, 0.717) is 12.0 Å². The van der Waals surface area contributed by atoms with E-state index in [9.17, 15) is 0 Å². The first-order valence-electron chi connectivity index (χ1n) is 4.92. The molecular formula is C9H15NO2. The maximum absolute atomic E-state index is 5.77. The van der Waals surface area contributed by atoms with Crippen LogP contribution < -0.4 is 5.48 Å². The second kappa shape index (κ2) is 2.44. The molecule has 3 atom stereocenters. The van der Waals surface area contributed by atoms with Gasteiger partial charge in [0.2, 0.25) is 0 Å². The molecule has 2 heterocycles. The first-order chi connectivity index (χ1) is 5.92. The van der Waals surface area contributed by atoms with E-state index in [1.165, 1.54) is 25.7 Å². The van der Waals surface area contributed by atoms with E-state index in [2.05, 4.69) is 5.48 Å². The molecule has 0 amide bonds. The standard InChI is InChI=1S/C9H15NO2/c1-2-4-9-7(6-12-10-9)5-11-8(9)3-1/h7-8,10H,1-6H2/t7-,8-,9+/m0/s1. The van der Waals surface area contributed by atoms with Crippen LogP contribution in [0.2, 0.25) is 0 Å². The predicted molar refractivity (Wildman–Crippen MR) is 43.5 cm³/mol. The molecule has 1 spiro atoms. The van der Waals surface area contributed by atoms with Crippen molar-refractivity contribution < 1.29 is 9.57 Å². The van der Waals surface area contributed by atoms with Crippen LogP contribution in [0.4, 0.5) is 0 Å². The molecule has 0 bridgehead atoms. The molecule has 1 N–H and O–H groups in total. The molecule has 1 saturated carbocycles. The quantitative estimate of drug-likeness (QED) is 0.583. The summed E-state index contributed by atoms with van der Waals surface area (Å²) < 4.78 is 5.77. The van der Waals surface area contributed by atoms with Crippen LogP contribution in [0.5, 0.6) is 0 Å². The molecule has 3 heteroatoms. The van der Waals surface area contributed by atoms with E-state index >= 15 is 0 Å². The van der Waals surface area contributed by atoms with E-state index < -0.39 is 0 Å². The van der Waals surface area contributed by atoms with Crippen LogP contribution in [-0.4, -0.2) is 24.9 Å². The Morgan fingerprint density at radius 3 is 3.25 bits per heavy atom. The van der Waals surface area contributed by atoms with Crippen LogP contribution in [0.25, 0.3) is 0 Å². The minimum Gasteiger partial charge on any atom is -0.376 e. The van der Waals surface area contributed by atoms with Gasteiger partial charge in [0.15, 0.2) is 0 Å². The number of ether oxygens (including phenoxy) is 1. The lowest BCUT2D eigenvalue weighted by Crippen LogP contribution is -2.52. The van der Waals surface area contributed by atoms with Gasteiger partial charge in [0.05, 0.1) is 24.9 Å². The van der Waals surface area contributed by atoms with Crippen molar-refractivity contribution in [2.45, 2.75) is 37.3 Å². The van der Waals surface area contributed by atoms with Crippen molar-refractivity contribution in [3.63, 3.8) is 0 Å². The number of rotatable bonds is 0. The summed E-state index contributed by atoms with van der Waals surface area (Å²) in [5, 5.41) is 0. The van der Waals surface area contributed by atoms with Crippen LogP contribution >= 0.6 is 0 Å². The summed E-state index contributed by atoms with van der Waals surface area (Å²) in [5.41, 5.74) is 3.42. The zero-order chi connectivity index (χ0) is 8.02. The molecule has 3 fully saturated rings. The van der Waals surface area contributed by atoms with Crippen molar-refractivity contribution in [1.82, 2.24) is 5.48 Å². The summed E-state index contributed by atoms with van der Waals surface area (Å²) >= 11 is 0. The van der Waals surface area contributed by atoms with Gasteiger partial charge in [-0.05, 0) is 12.8 Å². The monoisotopic (exact) mass is 169 g/mol. The molecule has 2 aliphatic heterocycles. The second-order valence-electron chi connectivity index (χ2n) is 4.22. The van der Waals surface area contributed by atoms with E-state index in [-0.39, 0.29) is 5.54 Å². The van der Waals surface area contributed by atoms with Crippen molar-refractivity contribution in [3.8, 4) is 0 Å². The van der Waals surface area contributed by atoms with E-state index in [1.54, 1.807) is 0 Å². The zero-order valence-electron chi connectivity index (χ0n) is 7.21. The molecule has 68 valence electrons. The van der Waals surface area contributed by atoms with Crippen molar-refractivity contribution in [2.24, 2.45) is 5.92 Å². The number of nitrogens with one attached hydrogen (secondary N) is 1. The van der Waals surface area contributed by atoms with Gasteiger partial charge in [-0.3, -0.25) is 0 Å². The van der Waals surface area contributed by atoms with Gasteiger partial charge in [-0.25, -0.2) is 0 Å². The Morgan fingerprint density at radius 2 is 2.25 bits per heavy atom. The highest BCUT2D eigenvalue weighted by Crippen LogP contribution is 2.44. The van der Waals surface area contributed by atoms with Gasteiger partial charge >= 0.3 is 0 Å². The van der Waals surface area contributed by atoms with Crippen molar-refractivity contribution in [3.05, 3.63) is 0 Å². The molecule has 3 nitrogen and oxygen atoms in total. The molecular weight excluding hydrogens is 154 g/mol. The SMILES string of the molecule is C1CC[C@@]23NOC[C@@H]2CO[C@H]3C1. The molecule has 0 aromatic rings. The summed E-state index contributed by atoms with van der Waals surface area (Å²) in [6, 6.07) is 0. The fourth-order valence-electron chi connectivity index (χ4n) is 2.92. The highest BCUT2D eigenvalue weighted by atomic mass is 16.7. The molecule has 0 unspecified atom stereocenters. The van der Waals surface area contributed by atoms with Gasteiger partial charge < -0.3 is 9.57 Å². The largest absolute Gasteiger partial charge is 0.376 e. The third kappa shape index (κ3) is 0.767. The molecule has 12 heavy (non-hydrogen) atoms. The lowest BCUT2D eigenvalue weighted by Gasteiger charge is -2.36. The Kier molecular flexibility index (Phi) is 1.48. The van der Waals surface area contributed by atoms with Crippen molar-refractivity contribution in [2.75, 3.05) is 13.2 Å². The maximum atomic E-state index is 5.77. The maximum Gasteiger partial charge on any atom is 0.0783 e. The average Bonchev–Trinajstić information content (AvgIpc) is 2.59. The zero-order valence-corrected chi connectivity index (χ0v) is 7.21. The van der Waals surface area contributed by atoms with Crippen molar-refractivity contribution in [1.29, 1.82) is 0 Å². The molecule has 2 saturated heterocycles. The summed E-state index contributed by atoms with van der Waals surface area (Å²) in [4.78, 5) is 5.34. The average molecular weight is 169 g/mol. The minimum absolute atomic E-state index is 0.207. The molecule has 3 rings (SSSR count). The van der Waals surface area contributed by atoms with Gasteiger partial charge in [-0.15, -0.1) is 0 Å². The Hall–Kier alpha value is -0.120. The third-order valence-electron chi connectivity index (χ3n) is 3.66. The van der Waals surface area contributed by atoms with Crippen LogP contribution in [0.1, 0.15) is 25.7 Å². The molecule has 0 aromatic carbocycles. The van der Waals surface area contributed by atoms with Gasteiger partial charge in [-0.2, -0.15) is 5.48 Å². The first-order valence-corrected chi connectivity index (χ1v) is 4.92. The Labute approximate surface area is 72.4 Å². The van der Waals surface area contributed by atoms with Crippen LogP contribution in [-0.2, 0) is 9.57 Å². The molecule has 3 aliphatic rings. The fourth-order valence-corrected chi connectivity index (χ4v) is 2.92. The topological polar surface area (TPSA) is 30.5 Å². The van der Waals surface area contributed by atoms with E-state index in [0.717, 1.165) is 13.2 Å². The summed E-state index contributed by atoms with van der Waals surface area (Å²) in [5.74, 6) is 0.614. The highest BCUT2D eigenvalue weighted by molar-refractivity contribution is 5.07. The summed E-state index contributed by atoms with van der Waals surface area (Å²) in [6.45, 7) is 1.74. The second-order valence-corrected chi connectivity index (χ2v) is 4.22. The van der Waals surface area contributed by atoms with Gasteiger partial charge in [0, 0.05) is 5.92 Å². The Morgan fingerprint density at radius 1 is 1.25 bits per heavy atom. The number of hydrogen-bond donors (Lipinski definition) is 1. The normalized spacial score (nSPS) is 52.0. The third-order valence-corrected chi connectivity index (χ3v) is 3.66. The van der Waals surface area contributed by atoms with Gasteiger partial charge in [-0.1, -0.05) is 12.8 Å². The lowest BCUT2D eigenvalue weighted by molar-refractivity contribution is -0.0306. The number of hydrogen-bond acceptors (Lipinski definition) is 3. The Bertz CT molecular complexity index is 195. The molecule has 0 radical (unpaired) electrons. The Balaban J connectivity index is 1.92. The number of hydroxylamine groups is 1. The van der Waals surface area contributed by atoms with Gasteiger partial charge in [0.25, 0.3) is 0 Å². The smallest absolute Gasteiger partial charge is 0.0783 e.